The van der Waals surface area contributed by atoms with E-state index in [0.29, 0.717) is 17.8 Å². The lowest BCUT2D eigenvalue weighted by molar-refractivity contribution is -0.111. The van der Waals surface area contributed by atoms with Crippen LogP contribution in [-0.2, 0) is 17.8 Å². The normalized spacial score (nSPS) is 12.5. The number of hydrogen-bond acceptors (Lipinski definition) is 5. The smallest absolute Gasteiger partial charge is 0.256 e. The van der Waals surface area contributed by atoms with Crippen LogP contribution in [0.2, 0.25) is 0 Å². The van der Waals surface area contributed by atoms with Crippen molar-refractivity contribution < 1.29 is 4.79 Å². The van der Waals surface area contributed by atoms with E-state index in [4.69, 9.17) is 0 Å². The summed E-state index contributed by atoms with van der Waals surface area (Å²) in [4.78, 5) is 24.3. The number of carbonyl (C=O) groups is 1. The average molecular weight is 476 g/mol. The number of nitrogens with zero attached hydrogens (tertiary/aromatic N) is 3. The molecule has 2 aromatic carbocycles. The van der Waals surface area contributed by atoms with Crippen LogP contribution in [0.3, 0.4) is 0 Å². The minimum absolute atomic E-state index is 0.145. The molecule has 0 fully saturated rings. The molecule has 3 heterocycles. The monoisotopic (exact) mass is 475 g/mol. The van der Waals surface area contributed by atoms with Crippen LogP contribution in [0, 0.1) is 0 Å². The number of carbonyl (C=O) groups excluding carboxylic acids is 1. The summed E-state index contributed by atoms with van der Waals surface area (Å²) in [5, 5.41) is 6.43. The van der Waals surface area contributed by atoms with Gasteiger partial charge in [0.2, 0.25) is 0 Å². The molecule has 0 unspecified atom stereocenters. The molecule has 0 spiro atoms. The summed E-state index contributed by atoms with van der Waals surface area (Å²) < 4.78 is 0. The molecule has 0 saturated carbocycles. The number of fused-ring (bicyclic) bond motifs is 1. The van der Waals surface area contributed by atoms with Crippen LogP contribution in [0.5, 0.6) is 0 Å². The third-order valence-corrected chi connectivity index (χ3v) is 6.08. The van der Waals surface area contributed by atoms with Crippen molar-refractivity contribution >= 4 is 22.9 Å². The van der Waals surface area contributed by atoms with Crippen LogP contribution in [0.4, 0.5) is 11.4 Å². The van der Waals surface area contributed by atoms with Gasteiger partial charge in [0.25, 0.3) is 5.91 Å². The molecule has 0 radical (unpaired) electrons. The Labute approximate surface area is 211 Å². The number of amides is 1. The molecule has 2 aromatic heterocycles. The molecule has 1 amide bonds. The summed E-state index contributed by atoms with van der Waals surface area (Å²) in [6.45, 7) is 1.42. The molecule has 5 rings (SSSR count). The molecule has 0 aliphatic carbocycles. The van der Waals surface area contributed by atoms with Crippen LogP contribution in [0.25, 0.3) is 16.7 Å². The Balaban J connectivity index is 1.37. The number of aromatic nitrogens is 2. The maximum atomic E-state index is 13.4. The largest absolute Gasteiger partial charge is 0.381 e. The van der Waals surface area contributed by atoms with Gasteiger partial charge in [-0.15, -0.1) is 0 Å². The van der Waals surface area contributed by atoms with Crippen LogP contribution in [0.15, 0.2) is 91.5 Å². The first-order valence-corrected chi connectivity index (χ1v) is 12.0. The first kappa shape index (κ1) is 23.5. The number of nitrogens with one attached hydrogen (secondary N) is 2. The van der Waals surface area contributed by atoms with Gasteiger partial charge in [-0.05, 0) is 67.0 Å². The van der Waals surface area contributed by atoms with E-state index in [1.165, 1.54) is 5.56 Å². The van der Waals surface area contributed by atoms with Gasteiger partial charge >= 0.3 is 0 Å². The van der Waals surface area contributed by atoms with Crippen molar-refractivity contribution in [2.45, 2.75) is 13.0 Å². The fourth-order valence-electron chi connectivity index (χ4n) is 4.47. The van der Waals surface area contributed by atoms with E-state index in [1.54, 1.807) is 6.20 Å². The van der Waals surface area contributed by atoms with E-state index in [9.17, 15) is 4.79 Å². The second kappa shape index (κ2) is 10.5. The van der Waals surface area contributed by atoms with Gasteiger partial charge in [0, 0.05) is 54.1 Å². The van der Waals surface area contributed by atoms with Gasteiger partial charge in [0.1, 0.15) is 0 Å². The summed E-state index contributed by atoms with van der Waals surface area (Å²) in [5.41, 5.74) is 8.60. The Morgan fingerprint density at radius 2 is 1.69 bits per heavy atom. The van der Waals surface area contributed by atoms with Gasteiger partial charge < -0.3 is 15.5 Å². The van der Waals surface area contributed by atoms with Crippen LogP contribution in [0.1, 0.15) is 22.3 Å². The van der Waals surface area contributed by atoms with E-state index < -0.39 is 0 Å². The second-order valence-electron chi connectivity index (χ2n) is 9.28. The Hall–Kier alpha value is -4.29. The number of anilines is 2. The number of rotatable bonds is 7. The van der Waals surface area contributed by atoms with Gasteiger partial charge in [-0.3, -0.25) is 14.8 Å². The molecule has 0 atom stereocenters. The first-order chi connectivity index (χ1) is 17.5. The Morgan fingerprint density at radius 1 is 0.889 bits per heavy atom. The predicted octanol–water partition coefficient (Wildman–Crippen LogP) is 5.24. The summed E-state index contributed by atoms with van der Waals surface area (Å²) in [6.07, 6.45) is 9.98. The highest BCUT2D eigenvalue weighted by atomic mass is 16.1. The van der Waals surface area contributed by atoms with Crippen molar-refractivity contribution in [2.24, 2.45) is 0 Å². The molecular formula is C30H29N5O. The minimum atomic E-state index is -0.145. The zero-order valence-electron chi connectivity index (χ0n) is 20.5. The van der Waals surface area contributed by atoms with Crippen molar-refractivity contribution in [3.8, 4) is 11.1 Å². The summed E-state index contributed by atoms with van der Waals surface area (Å²) in [5.74, 6) is -0.145. The van der Waals surface area contributed by atoms with E-state index in [0.717, 1.165) is 46.5 Å². The summed E-state index contributed by atoms with van der Waals surface area (Å²) in [7, 11) is 4.08. The number of benzene rings is 2. The molecule has 2 N–H and O–H groups in total. The van der Waals surface area contributed by atoms with Crippen molar-refractivity contribution in [3.63, 3.8) is 0 Å². The fraction of sp³-hybridized carbons (Fsp3) is 0.167. The third-order valence-electron chi connectivity index (χ3n) is 6.08. The van der Waals surface area contributed by atoms with Crippen molar-refractivity contribution in [3.05, 3.63) is 114 Å². The van der Waals surface area contributed by atoms with E-state index in [-0.39, 0.29) is 5.91 Å². The lowest BCUT2D eigenvalue weighted by Crippen LogP contribution is -2.19. The van der Waals surface area contributed by atoms with Crippen LogP contribution >= 0.6 is 0 Å². The fourth-order valence-corrected chi connectivity index (χ4v) is 4.47. The maximum absolute atomic E-state index is 13.4. The molecule has 180 valence electrons. The molecule has 1 aliphatic rings. The highest BCUT2D eigenvalue weighted by Gasteiger charge is 2.20. The SMILES string of the molecule is CN(C)Cc1cncc(-c2ccc3c(c2)C(C(=O)Nc2cncc(Cc4ccccc4)c2)=CCN3)c1. The molecule has 6 nitrogen and oxygen atoms in total. The second-order valence-corrected chi connectivity index (χ2v) is 9.28. The Bertz CT molecular complexity index is 1410. The first-order valence-electron chi connectivity index (χ1n) is 12.0. The van der Waals surface area contributed by atoms with E-state index >= 15 is 0 Å². The summed E-state index contributed by atoms with van der Waals surface area (Å²) in [6, 6.07) is 20.5. The minimum Gasteiger partial charge on any atom is -0.381 e. The third kappa shape index (κ3) is 5.50. The van der Waals surface area contributed by atoms with Gasteiger partial charge in [0.05, 0.1) is 11.9 Å². The quantitative estimate of drug-likeness (QED) is 0.382. The number of pyridine rings is 2. The standard InChI is InChI=1S/C30H29N5O/c1-35(2)20-23-13-25(18-31-17-23)24-8-9-29-28(15-24)27(10-11-33-29)30(36)34-26-14-22(16-32-19-26)12-21-6-4-3-5-7-21/h3-10,13-19,33H,11-12,20H2,1-2H3,(H,34,36). The van der Waals surface area contributed by atoms with Gasteiger partial charge in [-0.2, -0.15) is 0 Å². The zero-order valence-corrected chi connectivity index (χ0v) is 20.5. The van der Waals surface area contributed by atoms with E-state index in [2.05, 4.69) is 55.8 Å². The average Bonchev–Trinajstić information content (AvgIpc) is 2.88. The highest BCUT2D eigenvalue weighted by molar-refractivity contribution is 6.27. The topological polar surface area (TPSA) is 70.2 Å². The molecule has 1 aliphatic heterocycles. The molecular weight excluding hydrogens is 446 g/mol. The lowest BCUT2D eigenvalue weighted by Gasteiger charge is -2.20. The lowest BCUT2D eigenvalue weighted by atomic mass is 9.94. The van der Waals surface area contributed by atoms with E-state index in [1.807, 2.05) is 69.1 Å². The number of hydrogen-bond donors (Lipinski definition) is 2. The maximum Gasteiger partial charge on any atom is 0.256 e. The van der Waals surface area contributed by atoms with Crippen LogP contribution < -0.4 is 10.6 Å². The highest BCUT2D eigenvalue weighted by Crippen LogP contribution is 2.33. The van der Waals surface area contributed by atoms with Gasteiger partial charge in [-0.25, -0.2) is 0 Å². The van der Waals surface area contributed by atoms with Gasteiger partial charge in [0.15, 0.2) is 0 Å². The molecule has 0 saturated heterocycles. The molecule has 4 aromatic rings. The Kier molecular flexibility index (Phi) is 6.87. The predicted molar refractivity (Wildman–Crippen MR) is 146 cm³/mol. The molecule has 36 heavy (non-hydrogen) atoms. The molecule has 6 heteroatoms. The van der Waals surface area contributed by atoms with Crippen molar-refractivity contribution in [1.82, 2.24) is 14.9 Å². The Morgan fingerprint density at radius 3 is 2.53 bits per heavy atom. The van der Waals surface area contributed by atoms with Crippen LogP contribution in [-0.4, -0.2) is 41.4 Å². The summed E-state index contributed by atoms with van der Waals surface area (Å²) >= 11 is 0. The van der Waals surface area contributed by atoms with Gasteiger partial charge in [-0.1, -0.05) is 42.5 Å². The van der Waals surface area contributed by atoms with Crippen molar-refractivity contribution in [2.75, 3.05) is 31.3 Å². The molecule has 0 bridgehead atoms. The zero-order chi connectivity index (χ0) is 24.9. The van der Waals surface area contributed by atoms with Crippen molar-refractivity contribution in [1.29, 1.82) is 0 Å².